The molecule has 1 saturated heterocycles. The lowest BCUT2D eigenvalue weighted by atomic mass is 10.0. The summed E-state index contributed by atoms with van der Waals surface area (Å²) in [5.74, 6) is 0. The number of ether oxygens (including phenoxy) is 3. The van der Waals surface area contributed by atoms with Crippen molar-refractivity contribution in [1.82, 2.24) is 0 Å². The minimum absolute atomic E-state index is 0.0244. The molecule has 12 heavy (non-hydrogen) atoms. The lowest BCUT2D eigenvalue weighted by Crippen LogP contribution is -2.49. The summed E-state index contributed by atoms with van der Waals surface area (Å²) in [5, 5.41) is 9.41. The van der Waals surface area contributed by atoms with E-state index in [1.54, 1.807) is 14.2 Å². The van der Waals surface area contributed by atoms with Gasteiger partial charge in [0.2, 0.25) is 0 Å². The monoisotopic (exact) mass is 176 g/mol. The average Bonchev–Trinajstić information content (AvgIpc) is 2.03. The summed E-state index contributed by atoms with van der Waals surface area (Å²) in [4.78, 5) is 0. The minimum atomic E-state index is -0.872. The molecule has 0 aromatic carbocycles. The smallest absolute Gasteiger partial charge is 0.183 e. The van der Waals surface area contributed by atoms with E-state index in [0.717, 1.165) is 6.42 Å². The molecule has 0 radical (unpaired) electrons. The van der Waals surface area contributed by atoms with Crippen molar-refractivity contribution in [2.45, 2.75) is 37.9 Å². The maximum absolute atomic E-state index is 9.41. The van der Waals surface area contributed by atoms with E-state index in [1.807, 2.05) is 6.92 Å². The number of hydrogen-bond acceptors (Lipinski definition) is 4. The van der Waals surface area contributed by atoms with Gasteiger partial charge in [-0.1, -0.05) is 0 Å². The first-order valence-corrected chi connectivity index (χ1v) is 4.08. The molecule has 4 nitrogen and oxygen atoms in total. The zero-order chi connectivity index (χ0) is 9.14. The predicted octanol–water partition coefficient (Wildman–Crippen LogP) is 0.144. The van der Waals surface area contributed by atoms with Gasteiger partial charge in [0.15, 0.2) is 6.29 Å². The number of aliphatic hydroxyl groups is 1. The summed E-state index contributed by atoms with van der Waals surface area (Å²) < 4.78 is 15.4. The molecule has 0 spiro atoms. The molecule has 3 unspecified atom stereocenters. The zero-order valence-electron chi connectivity index (χ0n) is 7.69. The topological polar surface area (TPSA) is 47.9 Å². The summed E-state index contributed by atoms with van der Waals surface area (Å²) in [6.07, 6.45) is -0.536. The van der Waals surface area contributed by atoms with Crippen LogP contribution >= 0.6 is 0 Å². The molecule has 0 aliphatic carbocycles. The maximum atomic E-state index is 9.41. The van der Waals surface area contributed by atoms with Crippen molar-refractivity contribution in [2.24, 2.45) is 0 Å². The van der Waals surface area contributed by atoms with Crippen LogP contribution in [0, 0.1) is 0 Å². The summed E-state index contributed by atoms with van der Waals surface area (Å²) >= 11 is 0. The molecule has 0 aromatic heterocycles. The van der Waals surface area contributed by atoms with Gasteiger partial charge in [0.05, 0.1) is 12.2 Å². The normalized spacial score (nSPS) is 43.0. The van der Waals surface area contributed by atoms with E-state index in [2.05, 4.69) is 0 Å². The molecule has 1 aliphatic rings. The molecule has 0 bridgehead atoms. The highest BCUT2D eigenvalue weighted by Crippen LogP contribution is 2.22. The van der Waals surface area contributed by atoms with E-state index in [4.69, 9.17) is 14.2 Å². The Kier molecular flexibility index (Phi) is 3.46. The summed E-state index contributed by atoms with van der Waals surface area (Å²) in [6.45, 7) is 1.90. The SMILES string of the molecule is COC1CC(C)OC(O)[C@H]1OC. The van der Waals surface area contributed by atoms with Crippen LogP contribution in [-0.2, 0) is 14.2 Å². The van der Waals surface area contributed by atoms with Crippen LogP contribution in [-0.4, -0.2) is 43.9 Å². The Morgan fingerprint density at radius 3 is 2.50 bits per heavy atom. The quantitative estimate of drug-likeness (QED) is 0.650. The van der Waals surface area contributed by atoms with E-state index in [-0.39, 0.29) is 18.3 Å². The first kappa shape index (κ1) is 9.92. The molecule has 1 fully saturated rings. The van der Waals surface area contributed by atoms with Gasteiger partial charge in [-0.2, -0.15) is 0 Å². The summed E-state index contributed by atoms with van der Waals surface area (Å²) in [5.41, 5.74) is 0. The molecule has 1 N–H and O–H groups in total. The Balaban J connectivity index is 2.56. The van der Waals surface area contributed by atoms with Crippen molar-refractivity contribution in [3.8, 4) is 0 Å². The van der Waals surface area contributed by atoms with Gasteiger partial charge >= 0.3 is 0 Å². The lowest BCUT2D eigenvalue weighted by molar-refractivity contribution is -0.254. The molecule has 0 saturated carbocycles. The third kappa shape index (κ3) is 1.95. The molecule has 4 heteroatoms. The second-order valence-corrected chi connectivity index (χ2v) is 3.05. The van der Waals surface area contributed by atoms with Crippen LogP contribution in [0.4, 0.5) is 0 Å². The van der Waals surface area contributed by atoms with Crippen LogP contribution in [0.3, 0.4) is 0 Å². The van der Waals surface area contributed by atoms with Crippen LogP contribution < -0.4 is 0 Å². The van der Waals surface area contributed by atoms with Crippen molar-refractivity contribution in [2.75, 3.05) is 14.2 Å². The Labute approximate surface area is 72.4 Å². The van der Waals surface area contributed by atoms with Gasteiger partial charge in [0, 0.05) is 20.6 Å². The molecule has 1 rings (SSSR count). The largest absolute Gasteiger partial charge is 0.378 e. The third-order valence-electron chi connectivity index (χ3n) is 2.16. The van der Waals surface area contributed by atoms with E-state index in [9.17, 15) is 5.11 Å². The number of rotatable bonds is 2. The highest BCUT2D eigenvalue weighted by atomic mass is 16.6. The van der Waals surface area contributed by atoms with Crippen LogP contribution in [0.25, 0.3) is 0 Å². The molecule has 72 valence electrons. The first-order valence-electron chi connectivity index (χ1n) is 4.08. The number of hydrogen-bond donors (Lipinski definition) is 1. The van der Waals surface area contributed by atoms with E-state index in [1.165, 1.54) is 0 Å². The average molecular weight is 176 g/mol. The molecular formula is C8H16O4. The predicted molar refractivity (Wildman–Crippen MR) is 42.8 cm³/mol. The molecule has 0 aromatic rings. The van der Waals surface area contributed by atoms with E-state index < -0.39 is 6.29 Å². The van der Waals surface area contributed by atoms with E-state index in [0.29, 0.717) is 0 Å². The fourth-order valence-corrected chi connectivity index (χ4v) is 1.51. The first-order chi connectivity index (χ1) is 5.69. The third-order valence-corrected chi connectivity index (χ3v) is 2.16. The maximum Gasteiger partial charge on any atom is 0.183 e. The highest BCUT2D eigenvalue weighted by Gasteiger charge is 2.36. The van der Waals surface area contributed by atoms with Gasteiger partial charge in [-0.05, 0) is 6.92 Å². The molecule has 1 aliphatic heterocycles. The Morgan fingerprint density at radius 2 is 2.00 bits per heavy atom. The van der Waals surface area contributed by atoms with Crippen LogP contribution in [0.2, 0.25) is 0 Å². The Hall–Kier alpha value is -0.160. The van der Waals surface area contributed by atoms with E-state index >= 15 is 0 Å². The fourth-order valence-electron chi connectivity index (χ4n) is 1.51. The zero-order valence-corrected chi connectivity index (χ0v) is 7.69. The highest BCUT2D eigenvalue weighted by molar-refractivity contribution is 4.80. The van der Waals surface area contributed by atoms with Gasteiger partial charge in [0.25, 0.3) is 0 Å². The number of aliphatic hydroxyl groups excluding tert-OH is 1. The summed E-state index contributed by atoms with van der Waals surface area (Å²) in [7, 11) is 3.15. The molecule has 0 amide bonds. The van der Waals surface area contributed by atoms with Crippen molar-refractivity contribution in [3.63, 3.8) is 0 Å². The Morgan fingerprint density at radius 1 is 1.33 bits per heavy atom. The molecule has 1 heterocycles. The second-order valence-electron chi connectivity index (χ2n) is 3.05. The van der Waals surface area contributed by atoms with Gasteiger partial charge in [-0.15, -0.1) is 0 Å². The van der Waals surface area contributed by atoms with Crippen LogP contribution in [0.1, 0.15) is 13.3 Å². The Bertz CT molecular complexity index is 139. The van der Waals surface area contributed by atoms with Crippen molar-refractivity contribution in [1.29, 1.82) is 0 Å². The fraction of sp³-hybridized carbons (Fsp3) is 1.00. The van der Waals surface area contributed by atoms with Gasteiger partial charge in [-0.3, -0.25) is 0 Å². The number of methoxy groups -OCH3 is 2. The van der Waals surface area contributed by atoms with Crippen LogP contribution in [0.5, 0.6) is 0 Å². The van der Waals surface area contributed by atoms with Crippen molar-refractivity contribution >= 4 is 0 Å². The second kappa shape index (κ2) is 4.18. The standard InChI is InChI=1S/C8H16O4/c1-5-4-6(10-2)7(11-3)8(9)12-5/h5-9H,4H2,1-3H3/t5?,6?,7-,8?/m0/s1. The van der Waals surface area contributed by atoms with Crippen molar-refractivity contribution in [3.05, 3.63) is 0 Å². The summed E-state index contributed by atoms with van der Waals surface area (Å²) in [6, 6.07) is 0. The minimum Gasteiger partial charge on any atom is -0.378 e. The molecular weight excluding hydrogens is 160 g/mol. The van der Waals surface area contributed by atoms with Gasteiger partial charge < -0.3 is 19.3 Å². The lowest BCUT2D eigenvalue weighted by Gasteiger charge is -2.36. The van der Waals surface area contributed by atoms with Gasteiger partial charge in [0.1, 0.15) is 6.10 Å². The van der Waals surface area contributed by atoms with Crippen LogP contribution in [0.15, 0.2) is 0 Å². The van der Waals surface area contributed by atoms with Crippen molar-refractivity contribution < 1.29 is 19.3 Å². The molecule has 4 atom stereocenters. The van der Waals surface area contributed by atoms with Gasteiger partial charge in [-0.25, -0.2) is 0 Å².